The Morgan fingerprint density at radius 1 is 1.43 bits per heavy atom. The van der Waals surface area contributed by atoms with E-state index in [1.165, 1.54) is 11.0 Å². The molecule has 1 aliphatic rings. The quantitative estimate of drug-likeness (QED) is 0.826. The van der Waals surface area contributed by atoms with Gasteiger partial charge in [-0.25, -0.2) is 0 Å². The van der Waals surface area contributed by atoms with E-state index < -0.39 is 17.3 Å². The number of nitrogens with zero attached hydrogens (tertiary/aromatic N) is 1. The van der Waals surface area contributed by atoms with Gasteiger partial charge < -0.3 is 10.0 Å². The molecule has 1 atom stereocenters. The number of β-amino-alcohol motifs (C(OH)–C–C–N with tert-alkyl or cyclic N) is 1. The highest BCUT2D eigenvalue weighted by atomic mass is 35.5. The number of halogens is 4. The smallest absolute Gasteiger partial charge is 0.388 e. The minimum atomic E-state index is -4.44. The standard InChI is InChI=1S/C15H13ClF3NO2S/c1-14(22)4-5-20(7-14)13(21)12-11(16)9-3-2-8(15(17,18)19)6-10(9)23-12/h2-3,6,22H,4-5,7H2,1H3. The van der Waals surface area contributed by atoms with E-state index in [4.69, 9.17) is 11.6 Å². The Labute approximate surface area is 139 Å². The van der Waals surface area contributed by atoms with E-state index in [1.807, 2.05) is 0 Å². The second-order valence-corrected chi connectivity index (χ2v) is 7.36. The summed E-state index contributed by atoms with van der Waals surface area (Å²) in [5.41, 5.74) is -1.71. The number of thiophene rings is 1. The number of amides is 1. The summed E-state index contributed by atoms with van der Waals surface area (Å²) in [7, 11) is 0. The fourth-order valence-electron chi connectivity index (χ4n) is 2.64. The molecule has 0 saturated carbocycles. The van der Waals surface area contributed by atoms with Crippen molar-refractivity contribution in [3.8, 4) is 0 Å². The number of carbonyl (C=O) groups is 1. The van der Waals surface area contributed by atoms with Crippen LogP contribution < -0.4 is 0 Å². The molecular formula is C15H13ClF3NO2S. The number of rotatable bonds is 1. The number of hydrogen-bond donors (Lipinski definition) is 1. The van der Waals surface area contributed by atoms with Gasteiger partial charge in [-0.3, -0.25) is 4.79 Å². The van der Waals surface area contributed by atoms with Crippen molar-refractivity contribution in [2.45, 2.75) is 25.1 Å². The van der Waals surface area contributed by atoms with E-state index >= 15 is 0 Å². The largest absolute Gasteiger partial charge is 0.416 e. The van der Waals surface area contributed by atoms with Gasteiger partial charge >= 0.3 is 6.18 Å². The first-order valence-corrected chi connectivity index (χ1v) is 8.09. The van der Waals surface area contributed by atoms with E-state index in [0.717, 1.165) is 23.5 Å². The van der Waals surface area contributed by atoms with Crippen LogP contribution in [0.4, 0.5) is 13.2 Å². The van der Waals surface area contributed by atoms with Crippen LogP contribution in [0.5, 0.6) is 0 Å². The molecule has 2 heterocycles. The van der Waals surface area contributed by atoms with Crippen molar-refractivity contribution in [3.05, 3.63) is 33.7 Å². The molecule has 2 aromatic rings. The Balaban J connectivity index is 1.99. The molecule has 1 fully saturated rings. The topological polar surface area (TPSA) is 40.5 Å². The first-order chi connectivity index (χ1) is 10.6. The average Bonchev–Trinajstić information content (AvgIpc) is 2.97. The number of hydrogen-bond acceptors (Lipinski definition) is 3. The lowest BCUT2D eigenvalue weighted by Gasteiger charge is -2.18. The molecule has 8 heteroatoms. The lowest BCUT2D eigenvalue weighted by Crippen LogP contribution is -2.33. The van der Waals surface area contributed by atoms with Gasteiger partial charge in [0.1, 0.15) is 4.88 Å². The number of fused-ring (bicyclic) bond motifs is 1. The van der Waals surface area contributed by atoms with Gasteiger partial charge in [0, 0.05) is 23.2 Å². The molecule has 23 heavy (non-hydrogen) atoms. The van der Waals surface area contributed by atoms with E-state index in [2.05, 4.69) is 0 Å². The summed E-state index contributed by atoms with van der Waals surface area (Å²) < 4.78 is 38.7. The normalized spacial score (nSPS) is 22.1. The highest BCUT2D eigenvalue weighted by Crippen LogP contribution is 2.40. The summed E-state index contributed by atoms with van der Waals surface area (Å²) >= 11 is 7.13. The second kappa shape index (κ2) is 5.36. The molecule has 1 aromatic carbocycles. The first-order valence-electron chi connectivity index (χ1n) is 6.89. The van der Waals surface area contributed by atoms with Crippen LogP contribution >= 0.6 is 22.9 Å². The number of carbonyl (C=O) groups excluding carboxylic acids is 1. The third-order valence-corrected chi connectivity index (χ3v) is 5.54. The zero-order valence-corrected chi connectivity index (χ0v) is 13.6. The summed E-state index contributed by atoms with van der Waals surface area (Å²) in [6.45, 7) is 2.22. The van der Waals surface area contributed by atoms with Crippen LogP contribution in [-0.4, -0.2) is 34.6 Å². The van der Waals surface area contributed by atoms with E-state index in [1.54, 1.807) is 6.92 Å². The third-order valence-electron chi connectivity index (χ3n) is 3.89. The molecule has 1 aromatic heterocycles. The molecule has 0 bridgehead atoms. The van der Waals surface area contributed by atoms with Gasteiger partial charge in [0.05, 0.1) is 16.2 Å². The molecular weight excluding hydrogens is 351 g/mol. The number of aliphatic hydroxyl groups is 1. The Bertz CT molecular complexity index is 785. The van der Waals surface area contributed by atoms with Crippen molar-refractivity contribution in [1.82, 2.24) is 4.90 Å². The summed E-state index contributed by atoms with van der Waals surface area (Å²) in [5, 5.41) is 10.5. The monoisotopic (exact) mass is 363 g/mol. The summed E-state index contributed by atoms with van der Waals surface area (Å²) in [4.78, 5) is 14.2. The van der Waals surface area contributed by atoms with Crippen LogP contribution in [0.3, 0.4) is 0 Å². The predicted molar refractivity (Wildman–Crippen MR) is 83.0 cm³/mol. The number of benzene rings is 1. The maximum atomic E-state index is 12.8. The van der Waals surface area contributed by atoms with Crippen molar-refractivity contribution in [2.75, 3.05) is 13.1 Å². The molecule has 0 aliphatic carbocycles. The zero-order chi connectivity index (χ0) is 17.0. The second-order valence-electron chi connectivity index (χ2n) is 5.93. The number of alkyl halides is 3. The minimum absolute atomic E-state index is 0.162. The van der Waals surface area contributed by atoms with Gasteiger partial charge in [-0.05, 0) is 25.5 Å². The molecule has 1 N–H and O–H groups in total. The van der Waals surface area contributed by atoms with Crippen LogP contribution in [0.25, 0.3) is 10.1 Å². The lowest BCUT2D eigenvalue weighted by atomic mass is 10.1. The predicted octanol–water partition coefficient (Wildman–Crippen LogP) is 4.17. The summed E-state index contributed by atoms with van der Waals surface area (Å²) in [5.74, 6) is -0.359. The van der Waals surface area contributed by atoms with Crippen LogP contribution in [-0.2, 0) is 6.18 Å². The third kappa shape index (κ3) is 3.05. The van der Waals surface area contributed by atoms with Gasteiger partial charge in [-0.15, -0.1) is 11.3 Å². The van der Waals surface area contributed by atoms with Crippen LogP contribution in [0, 0.1) is 0 Å². The van der Waals surface area contributed by atoms with Crippen molar-refractivity contribution >= 4 is 38.9 Å². The lowest BCUT2D eigenvalue weighted by molar-refractivity contribution is -0.137. The molecule has 1 aliphatic heterocycles. The van der Waals surface area contributed by atoms with Gasteiger partial charge in [0.25, 0.3) is 5.91 Å². The van der Waals surface area contributed by atoms with Crippen molar-refractivity contribution in [1.29, 1.82) is 0 Å². The maximum absolute atomic E-state index is 12.8. The zero-order valence-electron chi connectivity index (χ0n) is 12.1. The fraction of sp³-hybridized carbons (Fsp3) is 0.400. The van der Waals surface area contributed by atoms with Gasteiger partial charge in [-0.2, -0.15) is 13.2 Å². The van der Waals surface area contributed by atoms with Crippen molar-refractivity contribution in [3.63, 3.8) is 0 Å². The molecule has 1 unspecified atom stereocenters. The minimum Gasteiger partial charge on any atom is -0.388 e. The SMILES string of the molecule is CC1(O)CCN(C(=O)c2sc3cc(C(F)(F)F)ccc3c2Cl)C1. The van der Waals surface area contributed by atoms with E-state index in [0.29, 0.717) is 23.1 Å². The molecule has 0 radical (unpaired) electrons. The van der Waals surface area contributed by atoms with Crippen LogP contribution in [0.15, 0.2) is 18.2 Å². The highest BCUT2D eigenvalue weighted by Gasteiger charge is 2.36. The van der Waals surface area contributed by atoms with Crippen LogP contribution in [0.2, 0.25) is 5.02 Å². The van der Waals surface area contributed by atoms with Gasteiger partial charge in [-0.1, -0.05) is 17.7 Å². The first kappa shape index (κ1) is 16.5. The molecule has 1 amide bonds. The Hall–Kier alpha value is -1.31. The van der Waals surface area contributed by atoms with E-state index in [9.17, 15) is 23.1 Å². The Morgan fingerprint density at radius 2 is 2.13 bits per heavy atom. The Morgan fingerprint density at radius 3 is 2.70 bits per heavy atom. The van der Waals surface area contributed by atoms with Crippen molar-refractivity contribution in [2.24, 2.45) is 0 Å². The number of likely N-dealkylation sites (tertiary alicyclic amines) is 1. The van der Waals surface area contributed by atoms with Crippen molar-refractivity contribution < 1.29 is 23.1 Å². The average molecular weight is 364 g/mol. The summed E-state index contributed by atoms with van der Waals surface area (Å²) in [6, 6.07) is 3.24. The maximum Gasteiger partial charge on any atom is 0.416 e. The van der Waals surface area contributed by atoms with Gasteiger partial charge in [0.15, 0.2) is 0 Å². The van der Waals surface area contributed by atoms with Gasteiger partial charge in [0.2, 0.25) is 0 Å². The fourth-order valence-corrected chi connectivity index (χ4v) is 4.16. The molecule has 3 nitrogen and oxygen atoms in total. The molecule has 0 spiro atoms. The molecule has 1 saturated heterocycles. The van der Waals surface area contributed by atoms with E-state index in [-0.39, 0.29) is 22.4 Å². The highest BCUT2D eigenvalue weighted by molar-refractivity contribution is 7.21. The summed E-state index contributed by atoms with van der Waals surface area (Å²) in [6.07, 6.45) is -3.98. The molecule has 124 valence electrons. The van der Waals surface area contributed by atoms with Crippen LogP contribution in [0.1, 0.15) is 28.6 Å². The molecule has 3 rings (SSSR count). The Kier molecular flexibility index (Phi) is 3.85.